The van der Waals surface area contributed by atoms with Gasteiger partial charge in [0.05, 0.1) is 5.75 Å². The molecule has 0 aliphatic carbocycles. The van der Waals surface area contributed by atoms with Crippen LogP contribution in [0.25, 0.3) is 0 Å². The SMILES string of the molecule is O=C(Nc1ccc(OCC(F)(F)F)cc1)C1CCN(S(=O)(=O)Cc2ccccc2)CC1. The third kappa shape index (κ3) is 6.96. The molecule has 0 unspecified atom stereocenters. The largest absolute Gasteiger partial charge is 0.484 e. The van der Waals surface area contributed by atoms with Gasteiger partial charge in [-0.15, -0.1) is 0 Å². The molecule has 2 aromatic carbocycles. The first-order chi connectivity index (χ1) is 14.6. The number of benzene rings is 2. The van der Waals surface area contributed by atoms with Crippen molar-refractivity contribution in [3.05, 3.63) is 60.2 Å². The van der Waals surface area contributed by atoms with Crippen LogP contribution in [-0.2, 0) is 20.6 Å². The monoisotopic (exact) mass is 456 g/mol. The molecule has 0 saturated carbocycles. The summed E-state index contributed by atoms with van der Waals surface area (Å²) in [6.07, 6.45) is -3.63. The molecule has 0 aromatic heterocycles. The number of carbonyl (C=O) groups is 1. The van der Waals surface area contributed by atoms with E-state index in [4.69, 9.17) is 0 Å². The Hall–Kier alpha value is -2.59. The average Bonchev–Trinajstić information content (AvgIpc) is 2.73. The second-order valence-corrected chi connectivity index (χ2v) is 9.30. The number of anilines is 1. The quantitative estimate of drug-likeness (QED) is 0.688. The maximum Gasteiger partial charge on any atom is 0.422 e. The Morgan fingerprint density at radius 2 is 1.65 bits per heavy atom. The standard InChI is InChI=1S/C21H23F3N2O4S/c22-21(23,24)15-30-19-8-6-18(7-9-19)25-20(27)17-10-12-26(13-11-17)31(28,29)14-16-4-2-1-3-5-16/h1-9,17H,10-15H2,(H,25,27). The van der Waals surface area contributed by atoms with E-state index in [-0.39, 0.29) is 36.4 Å². The van der Waals surface area contributed by atoms with Gasteiger partial charge in [-0.25, -0.2) is 12.7 Å². The van der Waals surface area contributed by atoms with Crippen molar-refractivity contribution in [2.45, 2.75) is 24.8 Å². The number of piperidine rings is 1. The Kier molecular flexibility index (Phi) is 7.22. The molecular formula is C21H23F3N2O4S. The normalized spacial score (nSPS) is 16.1. The van der Waals surface area contributed by atoms with E-state index in [0.717, 1.165) is 0 Å². The van der Waals surface area contributed by atoms with Crippen molar-refractivity contribution in [1.82, 2.24) is 4.31 Å². The van der Waals surface area contributed by atoms with Gasteiger partial charge in [0.1, 0.15) is 5.75 Å². The molecule has 0 radical (unpaired) electrons. The summed E-state index contributed by atoms with van der Waals surface area (Å²) < 4.78 is 67.8. The molecule has 2 aromatic rings. The number of alkyl halides is 3. The van der Waals surface area contributed by atoms with E-state index in [1.165, 1.54) is 28.6 Å². The zero-order valence-electron chi connectivity index (χ0n) is 16.6. The van der Waals surface area contributed by atoms with Crippen LogP contribution in [0.3, 0.4) is 0 Å². The van der Waals surface area contributed by atoms with Gasteiger partial charge in [0.25, 0.3) is 0 Å². The number of sulfonamides is 1. The van der Waals surface area contributed by atoms with Crippen LogP contribution >= 0.6 is 0 Å². The lowest BCUT2D eigenvalue weighted by atomic mass is 9.97. The fraction of sp³-hybridized carbons (Fsp3) is 0.381. The number of nitrogens with one attached hydrogen (secondary N) is 1. The molecule has 0 bridgehead atoms. The van der Waals surface area contributed by atoms with Crippen molar-refractivity contribution in [2.24, 2.45) is 5.92 Å². The number of halogens is 3. The zero-order chi connectivity index (χ0) is 22.5. The van der Waals surface area contributed by atoms with E-state index in [1.54, 1.807) is 24.3 Å². The van der Waals surface area contributed by atoms with Crippen LogP contribution in [0.5, 0.6) is 5.75 Å². The second kappa shape index (κ2) is 9.69. The Balaban J connectivity index is 1.49. The van der Waals surface area contributed by atoms with Gasteiger partial charge < -0.3 is 10.1 Å². The zero-order valence-corrected chi connectivity index (χ0v) is 17.5. The van der Waals surface area contributed by atoms with E-state index in [1.807, 2.05) is 6.07 Å². The Labute approximate surface area is 179 Å². The van der Waals surface area contributed by atoms with Crippen LogP contribution in [0.1, 0.15) is 18.4 Å². The van der Waals surface area contributed by atoms with Gasteiger partial charge in [0.2, 0.25) is 15.9 Å². The average molecular weight is 456 g/mol. The van der Waals surface area contributed by atoms with Crippen molar-refractivity contribution in [3.8, 4) is 5.75 Å². The summed E-state index contributed by atoms with van der Waals surface area (Å²) in [6.45, 7) is -0.862. The highest BCUT2D eigenvalue weighted by atomic mass is 32.2. The Bertz CT molecular complexity index is 972. The van der Waals surface area contributed by atoms with Crippen LogP contribution in [0.4, 0.5) is 18.9 Å². The van der Waals surface area contributed by atoms with E-state index in [2.05, 4.69) is 10.1 Å². The van der Waals surface area contributed by atoms with Gasteiger partial charge in [-0.1, -0.05) is 30.3 Å². The molecule has 1 saturated heterocycles. The summed E-state index contributed by atoms with van der Waals surface area (Å²) in [5, 5.41) is 2.72. The molecule has 1 aliphatic heterocycles. The highest BCUT2D eigenvalue weighted by Gasteiger charge is 2.31. The van der Waals surface area contributed by atoms with Crippen molar-refractivity contribution in [2.75, 3.05) is 25.0 Å². The summed E-state index contributed by atoms with van der Waals surface area (Å²) in [7, 11) is -3.46. The molecule has 1 fully saturated rings. The number of hydrogen-bond donors (Lipinski definition) is 1. The maximum atomic E-state index is 12.6. The third-order valence-electron chi connectivity index (χ3n) is 4.93. The molecule has 3 rings (SSSR count). The van der Waals surface area contributed by atoms with E-state index in [0.29, 0.717) is 24.1 Å². The summed E-state index contributed by atoms with van der Waals surface area (Å²) in [5.74, 6) is -0.617. The summed E-state index contributed by atoms with van der Waals surface area (Å²) in [6, 6.07) is 14.5. The molecule has 0 spiro atoms. The first-order valence-electron chi connectivity index (χ1n) is 9.75. The summed E-state index contributed by atoms with van der Waals surface area (Å²) in [5.41, 5.74) is 1.15. The third-order valence-corrected chi connectivity index (χ3v) is 6.78. The second-order valence-electron chi connectivity index (χ2n) is 7.33. The predicted octanol–water partition coefficient (Wildman–Crippen LogP) is 3.81. The fourth-order valence-electron chi connectivity index (χ4n) is 3.32. The maximum absolute atomic E-state index is 12.6. The minimum atomic E-state index is -4.42. The number of rotatable bonds is 7. The highest BCUT2D eigenvalue weighted by Crippen LogP contribution is 2.24. The number of amides is 1. The first kappa shape index (κ1) is 23.1. The van der Waals surface area contributed by atoms with Crippen LogP contribution in [0.2, 0.25) is 0 Å². The van der Waals surface area contributed by atoms with Gasteiger partial charge in [-0.05, 0) is 42.7 Å². The molecular weight excluding hydrogens is 433 g/mol. The highest BCUT2D eigenvalue weighted by molar-refractivity contribution is 7.88. The van der Waals surface area contributed by atoms with Crippen LogP contribution < -0.4 is 10.1 Å². The fourth-order valence-corrected chi connectivity index (χ4v) is 4.88. The molecule has 10 heteroatoms. The smallest absolute Gasteiger partial charge is 0.422 e. The Morgan fingerprint density at radius 3 is 2.23 bits per heavy atom. The number of ether oxygens (including phenoxy) is 1. The molecule has 6 nitrogen and oxygen atoms in total. The van der Waals surface area contributed by atoms with Crippen molar-refractivity contribution in [1.29, 1.82) is 0 Å². The molecule has 1 aliphatic rings. The van der Waals surface area contributed by atoms with Crippen molar-refractivity contribution < 1.29 is 31.1 Å². The molecule has 1 heterocycles. The lowest BCUT2D eigenvalue weighted by Gasteiger charge is -2.30. The van der Waals surface area contributed by atoms with E-state index < -0.39 is 22.8 Å². The van der Waals surface area contributed by atoms with Crippen molar-refractivity contribution >= 4 is 21.6 Å². The molecule has 31 heavy (non-hydrogen) atoms. The van der Waals surface area contributed by atoms with Gasteiger partial charge in [0.15, 0.2) is 6.61 Å². The Morgan fingerprint density at radius 1 is 1.03 bits per heavy atom. The number of hydrogen-bond acceptors (Lipinski definition) is 4. The minimum Gasteiger partial charge on any atom is -0.484 e. The number of nitrogens with zero attached hydrogens (tertiary/aromatic N) is 1. The van der Waals surface area contributed by atoms with Gasteiger partial charge in [-0.2, -0.15) is 13.2 Å². The molecule has 1 N–H and O–H groups in total. The minimum absolute atomic E-state index is 0.0484. The van der Waals surface area contributed by atoms with E-state index in [9.17, 15) is 26.4 Å². The predicted molar refractivity (Wildman–Crippen MR) is 110 cm³/mol. The topological polar surface area (TPSA) is 75.7 Å². The molecule has 1 amide bonds. The van der Waals surface area contributed by atoms with Gasteiger partial charge in [-0.3, -0.25) is 4.79 Å². The van der Waals surface area contributed by atoms with Crippen LogP contribution in [-0.4, -0.2) is 44.5 Å². The van der Waals surface area contributed by atoms with E-state index >= 15 is 0 Å². The van der Waals surface area contributed by atoms with Crippen molar-refractivity contribution in [3.63, 3.8) is 0 Å². The van der Waals surface area contributed by atoms with Gasteiger partial charge in [0, 0.05) is 24.7 Å². The van der Waals surface area contributed by atoms with Gasteiger partial charge >= 0.3 is 6.18 Å². The van der Waals surface area contributed by atoms with Crippen LogP contribution in [0, 0.1) is 5.92 Å². The van der Waals surface area contributed by atoms with Crippen LogP contribution in [0.15, 0.2) is 54.6 Å². The summed E-state index contributed by atoms with van der Waals surface area (Å²) >= 11 is 0. The lowest BCUT2D eigenvalue weighted by Crippen LogP contribution is -2.41. The summed E-state index contributed by atoms with van der Waals surface area (Å²) in [4.78, 5) is 12.5. The lowest BCUT2D eigenvalue weighted by molar-refractivity contribution is -0.153. The molecule has 168 valence electrons. The first-order valence-corrected chi connectivity index (χ1v) is 11.4. The number of carbonyl (C=O) groups excluding carboxylic acids is 1. The molecule has 0 atom stereocenters.